The van der Waals surface area contributed by atoms with Crippen LogP contribution in [0, 0.1) is 0 Å². The smallest absolute Gasteiger partial charge is 0.00158 e. The second-order valence-electron chi connectivity index (χ2n) is 5.17. The normalized spacial score (nSPS) is 12.0. The largest absolute Gasteiger partial charge is 0.330 e. The molecule has 0 heterocycles. The Kier molecular flexibility index (Phi) is 4.62. The Bertz CT molecular complexity index is 599. The van der Waals surface area contributed by atoms with E-state index in [1.54, 1.807) is 0 Å². The summed E-state index contributed by atoms with van der Waals surface area (Å²) in [6.45, 7) is 0.675. The van der Waals surface area contributed by atoms with E-state index in [4.69, 9.17) is 5.73 Å². The summed E-state index contributed by atoms with van der Waals surface area (Å²) in [5.74, 6) is 0.963. The van der Waals surface area contributed by atoms with Crippen LogP contribution >= 0.6 is 10.0 Å². The first kappa shape index (κ1) is 14.9. The van der Waals surface area contributed by atoms with Gasteiger partial charge in [0.1, 0.15) is 0 Å². The molecule has 0 saturated carbocycles. The van der Waals surface area contributed by atoms with Crippen molar-refractivity contribution < 1.29 is 0 Å². The summed E-state index contributed by atoms with van der Waals surface area (Å²) in [4.78, 5) is 4.12. The fraction of sp³-hybridized carbons (Fsp3) is 0.100. The van der Waals surface area contributed by atoms with Crippen molar-refractivity contribution in [3.8, 4) is 0 Å². The van der Waals surface area contributed by atoms with Crippen molar-refractivity contribution in [3.05, 3.63) is 91.0 Å². The summed E-state index contributed by atoms with van der Waals surface area (Å²) < 4.78 is 0. The molecule has 0 amide bonds. The number of benzene rings is 3. The molecule has 3 aromatic rings. The monoisotopic (exact) mass is 307 g/mol. The first-order valence-corrected chi connectivity index (χ1v) is 9.34. The van der Waals surface area contributed by atoms with E-state index in [0.29, 0.717) is 6.54 Å². The van der Waals surface area contributed by atoms with Gasteiger partial charge in [-0.1, -0.05) is 54.6 Å². The Balaban J connectivity index is 2.29. The minimum absolute atomic E-state index is 0.675. The van der Waals surface area contributed by atoms with Crippen LogP contribution in [0.4, 0.5) is 0 Å². The molecule has 0 fully saturated rings. The van der Waals surface area contributed by atoms with E-state index in [9.17, 15) is 0 Å². The van der Waals surface area contributed by atoms with E-state index in [1.165, 1.54) is 14.7 Å². The molecule has 3 rings (SSSR count). The molecule has 0 aliphatic carbocycles. The second kappa shape index (κ2) is 6.82. The van der Waals surface area contributed by atoms with Crippen LogP contribution in [-0.4, -0.2) is 12.3 Å². The Morgan fingerprint density at radius 3 is 1.14 bits per heavy atom. The molecule has 0 saturated heterocycles. The maximum absolute atomic E-state index is 6.05. The van der Waals surface area contributed by atoms with Crippen molar-refractivity contribution in [2.45, 2.75) is 14.7 Å². The van der Waals surface area contributed by atoms with Gasteiger partial charge < -0.3 is 5.73 Å². The number of hydrogen-bond donors (Lipinski definition) is 1. The van der Waals surface area contributed by atoms with Crippen molar-refractivity contribution >= 4 is 10.0 Å². The predicted octanol–water partition coefficient (Wildman–Crippen LogP) is 4.93. The summed E-state index contributed by atoms with van der Waals surface area (Å²) in [5.41, 5.74) is 6.05. The fourth-order valence-electron chi connectivity index (χ4n) is 2.90. The molecule has 112 valence electrons. The Morgan fingerprint density at radius 2 is 0.864 bits per heavy atom. The highest BCUT2D eigenvalue weighted by molar-refractivity contribution is 8.33. The quantitative estimate of drug-likeness (QED) is 0.711. The maximum Gasteiger partial charge on any atom is 0.00158 e. The summed E-state index contributed by atoms with van der Waals surface area (Å²) in [7, 11) is -1.31. The minimum atomic E-state index is -1.31. The zero-order valence-corrected chi connectivity index (χ0v) is 13.4. The van der Waals surface area contributed by atoms with Gasteiger partial charge in [0, 0.05) is 12.3 Å². The molecule has 0 unspecified atom stereocenters. The van der Waals surface area contributed by atoms with Crippen LogP contribution in [0.2, 0.25) is 0 Å². The molecule has 0 spiro atoms. The van der Waals surface area contributed by atoms with Gasteiger partial charge in [0.2, 0.25) is 0 Å². The van der Waals surface area contributed by atoms with E-state index in [2.05, 4.69) is 91.0 Å². The van der Waals surface area contributed by atoms with Gasteiger partial charge in [-0.2, -0.15) is 10.0 Å². The van der Waals surface area contributed by atoms with Crippen molar-refractivity contribution in [3.63, 3.8) is 0 Å². The molecule has 22 heavy (non-hydrogen) atoms. The van der Waals surface area contributed by atoms with E-state index < -0.39 is 10.0 Å². The molecule has 0 aliphatic rings. The van der Waals surface area contributed by atoms with Crippen LogP contribution < -0.4 is 5.73 Å². The van der Waals surface area contributed by atoms with E-state index >= 15 is 0 Å². The third-order valence-electron chi connectivity index (χ3n) is 3.86. The predicted molar refractivity (Wildman–Crippen MR) is 95.6 cm³/mol. The highest BCUT2D eigenvalue weighted by atomic mass is 32.3. The molecule has 0 atom stereocenters. The van der Waals surface area contributed by atoms with Crippen LogP contribution in [0.1, 0.15) is 0 Å². The molecule has 3 aromatic carbocycles. The maximum atomic E-state index is 6.05. The third kappa shape index (κ3) is 2.68. The fourth-order valence-corrected chi connectivity index (χ4v) is 6.64. The number of nitrogens with two attached hydrogens (primary N) is 1. The molecular formula is C20H21NS. The molecule has 1 nitrogen and oxygen atoms in total. The Labute approximate surface area is 134 Å². The van der Waals surface area contributed by atoms with Crippen molar-refractivity contribution in [2.24, 2.45) is 5.73 Å². The standard InChI is InChI=1S/C20H21NS/c21-16-17-22(18-10-4-1-5-11-18,19-12-6-2-7-13-19)20-14-8-3-9-15-20/h1-15H,16-17,21H2. The summed E-state index contributed by atoms with van der Waals surface area (Å²) in [6.07, 6.45) is 0. The lowest BCUT2D eigenvalue weighted by atomic mass is 10.4. The average molecular weight is 307 g/mol. The van der Waals surface area contributed by atoms with Crippen LogP contribution in [0.15, 0.2) is 106 Å². The topological polar surface area (TPSA) is 26.0 Å². The molecule has 0 aromatic heterocycles. The van der Waals surface area contributed by atoms with Crippen molar-refractivity contribution in [1.82, 2.24) is 0 Å². The van der Waals surface area contributed by atoms with E-state index in [-0.39, 0.29) is 0 Å². The SMILES string of the molecule is NCCS(c1ccccc1)(c1ccccc1)c1ccccc1. The number of rotatable bonds is 5. The van der Waals surface area contributed by atoms with Crippen molar-refractivity contribution in [1.29, 1.82) is 0 Å². The lowest BCUT2D eigenvalue weighted by Gasteiger charge is -2.41. The van der Waals surface area contributed by atoms with Gasteiger partial charge >= 0.3 is 0 Å². The van der Waals surface area contributed by atoms with Gasteiger partial charge in [0.05, 0.1) is 0 Å². The molecule has 2 heteroatoms. The summed E-state index contributed by atoms with van der Waals surface area (Å²) in [6, 6.07) is 32.4. The minimum Gasteiger partial charge on any atom is -0.330 e. The van der Waals surface area contributed by atoms with Gasteiger partial charge in [-0.3, -0.25) is 0 Å². The van der Waals surface area contributed by atoms with Crippen molar-refractivity contribution in [2.75, 3.05) is 12.3 Å². The highest BCUT2D eigenvalue weighted by Gasteiger charge is 2.29. The van der Waals surface area contributed by atoms with Crippen LogP contribution in [0.5, 0.6) is 0 Å². The molecular weight excluding hydrogens is 286 g/mol. The van der Waals surface area contributed by atoms with E-state index in [0.717, 1.165) is 5.75 Å². The first-order chi connectivity index (χ1) is 10.9. The Morgan fingerprint density at radius 1 is 0.545 bits per heavy atom. The van der Waals surface area contributed by atoms with Crippen LogP contribution in [0.3, 0.4) is 0 Å². The third-order valence-corrected chi connectivity index (χ3v) is 7.94. The van der Waals surface area contributed by atoms with Crippen LogP contribution in [0.25, 0.3) is 0 Å². The molecule has 2 N–H and O–H groups in total. The number of hydrogen-bond acceptors (Lipinski definition) is 1. The highest BCUT2D eigenvalue weighted by Crippen LogP contribution is 2.67. The Hall–Kier alpha value is -2.03. The molecule has 0 radical (unpaired) electrons. The summed E-state index contributed by atoms with van der Waals surface area (Å²) in [5, 5.41) is 0. The second-order valence-corrected chi connectivity index (χ2v) is 8.47. The summed E-state index contributed by atoms with van der Waals surface area (Å²) >= 11 is 0. The zero-order chi connectivity index (χ0) is 15.3. The van der Waals surface area contributed by atoms with Gasteiger partial charge in [-0.15, -0.1) is 0 Å². The zero-order valence-electron chi connectivity index (χ0n) is 12.6. The van der Waals surface area contributed by atoms with Gasteiger partial charge in [-0.25, -0.2) is 0 Å². The lowest BCUT2D eigenvalue weighted by molar-refractivity contribution is 1.11. The average Bonchev–Trinajstić information content (AvgIpc) is 2.62. The van der Waals surface area contributed by atoms with E-state index in [1.807, 2.05) is 0 Å². The first-order valence-electron chi connectivity index (χ1n) is 7.54. The van der Waals surface area contributed by atoms with Gasteiger partial charge in [0.25, 0.3) is 0 Å². The lowest BCUT2D eigenvalue weighted by Crippen LogP contribution is -2.15. The van der Waals surface area contributed by atoms with Gasteiger partial charge in [0.15, 0.2) is 0 Å². The molecule has 0 aliphatic heterocycles. The van der Waals surface area contributed by atoms with Crippen LogP contribution in [-0.2, 0) is 0 Å². The van der Waals surface area contributed by atoms with Gasteiger partial charge in [-0.05, 0) is 51.1 Å². The molecule has 0 bridgehead atoms.